The van der Waals surface area contributed by atoms with E-state index in [2.05, 4.69) is 32.6 Å². The predicted octanol–water partition coefficient (Wildman–Crippen LogP) is -0.877. The van der Waals surface area contributed by atoms with Crippen molar-refractivity contribution in [2.75, 3.05) is 12.3 Å². The minimum Gasteiger partial charge on any atom is -0.394 e. The Balaban J connectivity index is 0.000000249. The highest BCUT2D eigenvalue weighted by molar-refractivity contribution is 14.1. The monoisotopic (exact) mass is 448 g/mol. The van der Waals surface area contributed by atoms with E-state index in [4.69, 9.17) is 15.6 Å². The lowest BCUT2D eigenvalue weighted by Gasteiger charge is -2.16. The van der Waals surface area contributed by atoms with Gasteiger partial charge in [-0.2, -0.15) is 4.98 Å². The first-order valence-electron chi connectivity index (χ1n) is 6.96. The minimum atomic E-state index is -1.31. The van der Waals surface area contributed by atoms with E-state index in [0.29, 0.717) is 0 Å². The SMILES string of the molecule is Ic1cccnc1.Nc1ccn([C@@H]2O[C@H](CO)[C@@H](O)[C@H]2O)c(=O)n1. The molecule has 1 saturated heterocycles. The standard InChI is InChI=1S/C9H13N3O5.C5H4IN/c10-5-1-2-12(9(16)11-5)8-7(15)6(14)4(3-13)17-8;6-5-2-1-3-7-4-5/h1-2,4,6-8,13-15H,3H2,(H2,10,11,16);1-4H/t4-,6-,7-,8-;/m1./s1. The average Bonchev–Trinajstić information content (AvgIpc) is 2.84. The lowest BCUT2D eigenvalue weighted by atomic mass is 10.1. The summed E-state index contributed by atoms with van der Waals surface area (Å²) in [6.07, 6.45) is 0.320. The molecule has 4 atom stereocenters. The third-order valence-corrected chi connectivity index (χ3v) is 3.91. The van der Waals surface area contributed by atoms with Crippen LogP contribution in [0, 0.1) is 3.57 Å². The zero-order chi connectivity index (χ0) is 17.7. The number of rotatable bonds is 2. The Bertz CT molecular complexity index is 714. The number of nitrogen functional groups attached to an aromatic ring is 1. The van der Waals surface area contributed by atoms with Gasteiger partial charge in [0.25, 0.3) is 0 Å². The molecule has 5 N–H and O–H groups in total. The third kappa shape index (κ3) is 4.48. The van der Waals surface area contributed by atoms with Crippen molar-refractivity contribution in [2.24, 2.45) is 0 Å². The Morgan fingerprint density at radius 3 is 2.54 bits per heavy atom. The summed E-state index contributed by atoms with van der Waals surface area (Å²) in [5.41, 5.74) is 4.63. The number of nitrogens with two attached hydrogens (primary N) is 1. The van der Waals surface area contributed by atoms with Gasteiger partial charge in [-0.3, -0.25) is 9.55 Å². The van der Waals surface area contributed by atoms with Gasteiger partial charge in [0.1, 0.15) is 24.1 Å². The van der Waals surface area contributed by atoms with E-state index in [1.807, 2.05) is 18.3 Å². The molecule has 2 aromatic rings. The summed E-state index contributed by atoms with van der Waals surface area (Å²) >= 11 is 2.22. The van der Waals surface area contributed by atoms with Crippen LogP contribution in [0.15, 0.2) is 41.6 Å². The number of anilines is 1. The Hall–Kier alpha value is -1.60. The summed E-state index contributed by atoms with van der Waals surface area (Å²) in [7, 11) is 0. The molecule has 0 radical (unpaired) electrons. The van der Waals surface area contributed by atoms with E-state index in [-0.39, 0.29) is 5.82 Å². The molecule has 0 bridgehead atoms. The maximum atomic E-state index is 11.5. The van der Waals surface area contributed by atoms with E-state index in [1.165, 1.54) is 15.8 Å². The molecule has 0 amide bonds. The average molecular weight is 448 g/mol. The Labute approximate surface area is 150 Å². The summed E-state index contributed by atoms with van der Waals surface area (Å²) in [6.45, 7) is -0.453. The second-order valence-electron chi connectivity index (χ2n) is 4.94. The predicted molar refractivity (Wildman–Crippen MR) is 92.9 cm³/mol. The van der Waals surface area contributed by atoms with Gasteiger partial charge in [-0.25, -0.2) is 4.79 Å². The maximum Gasteiger partial charge on any atom is 0.351 e. The van der Waals surface area contributed by atoms with Crippen LogP contribution >= 0.6 is 22.6 Å². The van der Waals surface area contributed by atoms with Crippen molar-refractivity contribution in [3.05, 3.63) is 50.8 Å². The van der Waals surface area contributed by atoms with Gasteiger partial charge < -0.3 is 25.8 Å². The van der Waals surface area contributed by atoms with Gasteiger partial charge in [0.05, 0.1) is 6.61 Å². The zero-order valence-corrected chi connectivity index (χ0v) is 14.6. The molecule has 3 heterocycles. The van der Waals surface area contributed by atoms with Gasteiger partial charge in [0.2, 0.25) is 0 Å². The number of aliphatic hydroxyl groups excluding tert-OH is 3. The van der Waals surface area contributed by atoms with Crippen LogP contribution in [0.4, 0.5) is 5.82 Å². The number of nitrogens with zero attached hydrogens (tertiary/aromatic N) is 3. The number of halogens is 1. The smallest absolute Gasteiger partial charge is 0.351 e. The van der Waals surface area contributed by atoms with Crippen LogP contribution in [0.1, 0.15) is 6.23 Å². The van der Waals surface area contributed by atoms with Crippen molar-refractivity contribution < 1.29 is 20.1 Å². The van der Waals surface area contributed by atoms with Crippen LogP contribution in [0.3, 0.4) is 0 Å². The highest BCUT2D eigenvalue weighted by Gasteiger charge is 2.43. The number of ether oxygens (including phenoxy) is 1. The molecule has 10 heteroatoms. The van der Waals surface area contributed by atoms with Crippen LogP contribution in [0.5, 0.6) is 0 Å². The van der Waals surface area contributed by atoms with E-state index in [9.17, 15) is 15.0 Å². The molecule has 1 aliphatic rings. The van der Waals surface area contributed by atoms with E-state index >= 15 is 0 Å². The normalized spacial score (nSPS) is 25.8. The fourth-order valence-electron chi connectivity index (χ4n) is 2.07. The van der Waals surface area contributed by atoms with E-state index in [0.717, 1.165) is 4.57 Å². The Morgan fingerprint density at radius 1 is 1.33 bits per heavy atom. The first-order valence-corrected chi connectivity index (χ1v) is 8.04. The first kappa shape index (κ1) is 18.7. The zero-order valence-electron chi connectivity index (χ0n) is 12.4. The maximum absolute atomic E-state index is 11.5. The first-order chi connectivity index (χ1) is 11.4. The summed E-state index contributed by atoms with van der Waals surface area (Å²) in [6, 6.07) is 5.30. The van der Waals surface area contributed by atoms with Crippen LogP contribution in [-0.4, -0.2) is 54.8 Å². The highest BCUT2D eigenvalue weighted by atomic mass is 127. The molecule has 1 aliphatic heterocycles. The fraction of sp³-hybridized carbons (Fsp3) is 0.357. The summed E-state index contributed by atoms with van der Waals surface area (Å²) in [4.78, 5) is 18.9. The minimum absolute atomic E-state index is 0.0537. The van der Waals surface area contributed by atoms with Crippen LogP contribution in [-0.2, 0) is 4.74 Å². The largest absolute Gasteiger partial charge is 0.394 e. The summed E-state index contributed by atoms with van der Waals surface area (Å²) in [5.74, 6) is 0.0537. The van der Waals surface area contributed by atoms with Gasteiger partial charge in [-0.05, 0) is 40.8 Å². The van der Waals surface area contributed by atoms with Crippen molar-refractivity contribution in [1.29, 1.82) is 0 Å². The van der Waals surface area contributed by atoms with Crippen LogP contribution in [0.2, 0.25) is 0 Å². The van der Waals surface area contributed by atoms with Crippen molar-refractivity contribution in [2.45, 2.75) is 24.5 Å². The van der Waals surface area contributed by atoms with Crippen LogP contribution in [0.25, 0.3) is 0 Å². The molecule has 24 heavy (non-hydrogen) atoms. The Kier molecular flexibility index (Phi) is 6.62. The lowest BCUT2D eigenvalue weighted by Crippen LogP contribution is -2.36. The Morgan fingerprint density at radius 2 is 2.08 bits per heavy atom. The molecule has 0 saturated carbocycles. The third-order valence-electron chi connectivity index (χ3n) is 3.27. The van der Waals surface area contributed by atoms with Gasteiger partial charge in [-0.15, -0.1) is 0 Å². The topological polar surface area (TPSA) is 144 Å². The second kappa shape index (κ2) is 8.48. The number of pyridine rings is 1. The molecule has 9 nitrogen and oxygen atoms in total. The number of hydrogen-bond acceptors (Lipinski definition) is 8. The second-order valence-corrected chi connectivity index (χ2v) is 6.19. The molecule has 130 valence electrons. The van der Waals surface area contributed by atoms with E-state index in [1.54, 1.807) is 6.20 Å². The molecule has 1 fully saturated rings. The van der Waals surface area contributed by atoms with Gasteiger partial charge in [0, 0.05) is 22.2 Å². The van der Waals surface area contributed by atoms with Crippen molar-refractivity contribution in [3.8, 4) is 0 Å². The lowest BCUT2D eigenvalue weighted by molar-refractivity contribution is -0.0549. The van der Waals surface area contributed by atoms with Crippen molar-refractivity contribution >= 4 is 28.4 Å². The molecule has 0 aromatic carbocycles. The number of hydrogen-bond donors (Lipinski definition) is 4. The quantitative estimate of drug-likeness (QED) is 0.434. The molecular formula is C14H17IN4O5. The highest BCUT2D eigenvalue weighted by Crippen LogP contribution is 2.27. The molecule has 0 spiro atoms. The summed E-state index contributed by atoms with van der Waals surface area (Å²) < 4.78 is 7.37. The molecule has 0 unspecified atom stereocenters. The van der Waals surface area contributed by atoms with E-state index < -0.39 is 36.8 Å². The summed E-state index contributed by atoms with van der Waals surface area (Å²) in [5, 5.41) is 28.2. The molecule has 0 aliphatic carbocycles. The molecule has 2 aromatic heterocycles. The van der Waals surface area contributed by atoms with Gasteiger partial charge in [-0.1, -0.05) is 0 Å². The van der Waals surface area contributed by atoms with Crippen LogP contribution < -0.4 is 11.4 Å². The molecular weight excluding hydrogens is 431 g/mol. The van der Waals surface area contributed by atoms with Crippen molar-refractivity contribution in [1.82, 2.24) is 14.5 Å². The van der Waals surface area contributed by atoms with Gasteiger partial charge in [0.15, 0.2) is 6.23 Å². The number of aromatic nitrogens is 3. The van der Waals surface area contributed by atoms with Crippen molar-refractivity contribution in [3.63, 3.8) is 0 Å². The fourth-order valence-corrected chi connectivity index (χ4v) is 2.44. The van der Waals surface area contributed by atoms with Gasteiger partial charge >= 0.3 is 5.69 Å². The number of aliphatic hydroxyl groups is 3. The molecule has 3 rings (SSSR count).